The summed E-state index contributed by atoms with van der Waals surface area (Å²) in [5, 5.41) is 7.02. The molecule has 1 heterocycles. The highest BCUT2D eigenvalue weighted by atomic mass is 127. The number of nitrogens with one attached hydrogen (secondary N) is 2. The van der Waals surface area contributed by atoms with Crippen LogP contribution in [0.15, 0.2) is 53.7 Å². The number of guanidine groups is 1. The first kappa shape index (κ1) is 22.5. The fourth-order valence-corrected chi connectivity index (χ4v) is 4.03. The van der Waals surface area contributed by atoms with Crippen molar-refractivity contribution in [3.05, 3.63) is 59.8 Å². The monoisotopic (exact) mass is 493 g/mol. The van der Waals surface area contributed by atoms with Gasteiger partial charge in [-0.3, -0.25) is 4.99 Å². The smallest absolute Gasteiger partial charge is 0.191 e. The SMILES string of the molecule is CN=C(NCc1cccnc1N(C)C)NCC1(c2ccccc2)CCCC1.I. The van der Waals surface area contributed by atoms with Crippen LogP contribution >= 0.6 is 24.0 Å². The van der Waals surface area contributed by atoms with Gasteiger partial charge in [0, 0.05) is 51.4 Å². The molecule has 0 unspecified atom stereocenters. The third-order valence-corrected chi connectivity index (χ3v) is 5.50. The van der Waals surface area contributed by atoms with Crippen LogP contribution in [-0.4, -0.2) is 38.6 Å². The van der Waals surface area contributed by atoms with E-state index in [0.717, 1.165) is 23.9 Å². The first-order chi connectivity index (χ1) is 13.1. The summed E-state index contributed by atoms with van der Waals surface area (Å²) in [5.74, 6) is 1.82. The molecule has 6 heteroatoms. The number of benzene rings is 1. The second-order valence-electron chi connectivity index (χ2n) is 7.51. The molecule has 0 aliphatic heterocycles. The fourth-order valence-electron chi connectivity index (χ4n) is 4.03. The van der Waals surface area contributed by atoms with E-state index in [1.54, 1.807) is 0 Å². The van der Waals surface area contributed by atoms with Gasteiger partial charge in [-0.05, 0) is 24.5 Å². The predicted molar refractivity (Wildman–Crippen MR) is 129 cm³/mol. The highest BCUT2D eigenvalue weighted by Gasteiger charge is 2.35. The number of hydrogen-bond acceptors (Lipinski definition) is 3. The Balaban J connectivity index is 0.00000280. The molecule has 0 radical (unpaired) electrons. The summed E-state index contributed by atoms with van der Waals surface area (Å²) in [6.07, 6.45) is 6.88. The van der Waals surface area contributed by atoms with Crippen LogP contribution < -0.4 is 15.5 Å². The second-order valence-corrected chi connectivity index (χ2v) is 7.51. The molecule has 1 aromatic carbocycles. The van der Waals surface area contributed by atoms with Crippen LogP contribution in [0.3, 0.4) is 0 Å². The Morgan fingerprint density at radius 2 is 1.79 bits per heavy atom. The Bertz CT molecular complexity index is 755. The maximum absolute atomic E-state index is 4.47. The summed E-state index contributed by atoms with van der Waals surface area (Å²) in [6.45, 7) is 1.60. The number of nitrogens with zero attached hydrogens (tertiary/aromatic N) is 3. The van der Waals surface area contributed by atoms with E-state index in [2.05, 4.69) is 57.0 Å². The summed E-state index contributed by atoms with van der Waals surface area (Å²) < 4.78 is 0. The Hall–Kier alpha value is -1.83. The zero-order chi connectivity index (χ0) is 19.1. The van der Waals surface area contributed by atoms with Crippen LogP contribution in [0, 0.1) is 0 Å². The van der Waals surface area contributed by atoms with Gasteiger partial charge in [-0.25, -0.2) is 4.98 Å². The largest absolute Gasteiger partial charge is 0.362 e. The quantitative estimate of drug-likeness (QED) is 0.364. The van der Waals surface area contributed by atoms with Crippen molar-refractivity contribution in [1.82, 2.24) is 15.6 Å². The molecule has 28 heavy (non-hydrogen) atoms. The molecule has 0 spiro atoms. The number of aromatic nitrogens is 1. The van der Waals surface area contributed by atoms with Crippen molar-refractivity contribution in [2.75, 3.05) is 32.6 Å². The van der Waals surface area contributed by atoms with E-state index in [1.807, 2.05) is 38.3 Å². The molecule has 1 aromatic heterocycles. The lowest BCUT2D eigenvalue weighted by atomic mass is 9.79. The molecule has 0 bridgehead atoms. The second kappa shape index (κ2) is 10.6. The minimum Gasteiger partial charge on any atom is -0.362 e. The molecule has 1 fully saturated rings. The summed E-state index contributed by atoms with van der Waals surface area (Å²) in [6, 6.07) is 15.0. The molecule has 1 aliphatic carbocycles. The van der Waals surface area contributed by atoms with E-state index < -0.39 is 0 Å². The lowest BCUT2D eigenvalue weighted by Crippen LogP contribution is -2.44. The maximum atomic E-state index is 4.47. The molecule has 2 aromatic rings. The highest BCUT2D eigenvalue weighted by Crippen LogP contribution is 2.40. The standard InChI is InChI=1S/C22H31N5.HI/c1-23-21(25-16-18-10-9-15-24-20(18)27(2)3)26-17-22(13-7-8-14-22)19-11-5-4-6-12-19;/h4-6,9-12,15H,7-8,13-14,16-17H2,1-3H3,(H2,23,25,26);1H. The van der Waals surface area contributed by atoms with Gasteiger partial charge < -0.3 is 15.5 Å². The van der Waals surface area contributed by atoms with E-state index in [4.69, 9.17) is 0 Å². The zero-order valence-electron chi connectivity index (χ0n) is 17.1. The fraction of sp³-hybridized carbons (Fsp3) is 0.455. The normalized spacial score (nSPS) is 15.6. The van der Waals surface area contributed by atoms with Gasteiger partial charge in [0.15, 0.2) is 5.96 Å². The highest BCUT2D eigenvalue weighted by molar-refractivity contribution is 14.0. The predicted octanol–water partition coefficient (Wildman–Crippen LogP) is 3.94. The lowest BCUT2D eigenvalue weighted by molar-refractivity contribution is 0.431. The zero-order valence-corrected chi connectivity index (χ0v) is 19.4. The summed E-state index contributed by atoms with van der Waals surface area (Å²) in [7, 11) is 5.86. The number of halogens is 1. The minimum atomic E-state index is 0. The van der Waals surface area contributed by atoms with E-state index in [0.29, 0.717) is 6.54 Å². The summed E-state index contributed by atoms with van der Waals surface area (Å²) in [5.41, 5.74) is 2.80. The lowest BCUT2D eigenvalue weighted by Gasteiger charge is -2.31. The van der Waals surface area contributed by atoms with E-state index >= 15 is 0 Å². The average molecular weight is 493 g/mol. The Labute approximate surface area is 186 Å². The number of hydrogen-bond donors (Lipinski definition) is 2. The third kappa shape index (κ3) is 5.37. The van der Waals surface area contributed by atoms with Gasteiger partial charge in [-0.2, -0.15) is 0 Å². The molecule has 1 saturated carbocycles. The number of pyridine rings is 1. The Morgan fingerprint density at radius 1 is 1.07 bits per heavy atom. The van der Waals surface area contributed by atoms with Crippen LogP contribution in [0.5, 0.6) is 0 Å². The molecule has 3 rings (SSSR count). The molecule has 0 saturated heterocycles. The number of anilines is 1. The van der Waals surface area contributed by atoms with E-state index in [-0.39, 0.29) is 29.4 Å². The van der Waals surface area contributed by atoms with Crippen molar-refractivity contribution in [1.29, 1.82) is 0 Å². The van der Waals surface area contributed by atoms with Crippen molar-refractivity contribution in [3.63, 3.8) is 0 Å². The average Bonchev–Trinajstić information content (AvgIpc) is 3.19. The van der Waals surface area contributed by atoms with E-state index in [1.165, 1.54) is 31.2 Å². The van der Waals surface area contributed by atoms with Crippen LogP contribution in [0.2, 0.25) is 0 Å². The summed E-state index contributed by atoms with van der Waals surface area (Å²) >= 11 is 0. The van der Waals surface area contributed by atoms with Crippen LogP contribution in [0.1, 0.15) is 36.8 Å². The van der Waals surface area contributed by atoms with Crippen molar-refractivity contribution in [2.24, 2.45) is 4.99 Å². The maximum Gasteiger partial charge on any atom is 0.191 e. The topological polar surface area (TPSA) is 52.6 Å². The molecule has 0 amide bonds. The molecule has 5 nitrogen and oxygen atoms in total. The van der Waals surface area contributed by atoms with Gasteiger partial charge in [-0.15, -0.1) is 24.0 Å². The molecule has 2 N–H and O–H groups in total. The van der Waals surface area contributed by atoms with Gasteiger partial charge in [0.1, 0.15) is 5.82 Å². The molecular weight excluding hydrogens is 461 g/mol. The molecule has 152 valence electrons. The van der Waals surface area contributed by atoms with Gasteiger partial charge in [0.2, 0.25) is 0 Å². The van der Waals surface area contributed by atoms with Gasteiger partial charge >= 0.3 is 0 Å². The number of aliphatic imine (C=N–C) groups is 1. The van der Waals surface area contributed by atoms with Crippen molar-refractivity contribution in [2.45, 2.75) is 37.6 Å². The van der Waals surface area contributed by atoms with Crippen LogP contribution in [0.4, 0.5) is 5.82 Å². The van der Waals surface area contributed by atoms with Crippen molar-refractivity contribution < 1.29 is 0 Å². The number of rotatable bonds is 6. The molecule has 1 aliphatic rings. The van der Waals surface area contributed by atoms with E-state index in [9.17, 15) is 0 Å². The van der Waals surface area contributed by atoms with Gasteiger partial charge in [0.25, 0.3) is 0 Å². The first-order valence-corrected chi connectivity index (χ1v) is 9.76. The third-order valence-electron chi connectivity index (χ3n) is 5.50. The first-order valence-electron chi connectivity index (χ1n) is 9.76. The van der Waals surface area contributed by atoms with Gasteiger partial charge in [0.05, 0.1) is 0 Å². The van der Waals surface area contributed by atoms with Crippen LogP contribution in [0.25, 0.3) is 0 Å². The van der Waals surface area contributed by atoms with Crippen molar-refractivity contribution >= 4 is 35.8 Å². The van der Waals surface area contributed by atoms with Crippen LogP contribution in [-0.2, 0) is 12.0 Å². The summed E-state index contributed by atoms with van der Waals surface area (Å²) in [4.78, 5) is 10.9. The molecule has 0 atom stereocenters. The van der Waals surface area contributed by atoms with Gasteiger partial charge in [-0.1, -0.05) is 49.2 Å². The Kier molecular flexibility index (Phi) is 8.54. The molecular formula is C22H32IN5. The Morgan fingerprint density at radius 3 is 2.43 bits per heavy atom. The minimum absolute atomic E-state index is 0. The van der Waals surface area contributed by atoms with Crippen molar-refractivity contribution in [3.8, 4) is 0 Å².